The lowest BCUT2D eigenvalue weighted by molar-refractivity contribution is -0.181. The number of fused-ring (bicyclic) bond motifs is 3. The van der Waals surface area contributed by atoms with Gasteiger partial charge in [0.2, 0.25) is 0 Å². The van der Waals surface area contributed by atoms with E-state index in [1.165, 1.54) is 24.8 Å². The highest BCUT2D eigenvalue weighted by Crippen LogP contribution is 2.74. The van der Waals surface area contributed by atoms with Gasteiger partial charge in [-0.15, -0.1) is 0 Å². The van der Waals surface area contributed by atoms with E-state index < -0.39 is 5.97 Å². The highest BCUT2D eigenvalue weighted by Gasteiger charge is 2.68. The Labute approximate surface area is 188 Å². The summed E-state index contributed by atoms with van der Waals surface area (Å²) >= 11 is 0. The number of carbonyl (C=O) groups excluding carboxylic acids is 1. The van der Waals surface area contributed by atoms with Crippen LogP contribution in [-0.2, 0) is 14.3 Å². The van der Waals surface area contributed by atoms with Crippen LogP contribution in [0.1, 0.15) is 98.8 Å². The fourth-order valence-electron chi connectivity index (χ4n) is 9.35. The Kier molecular flexibility index (Phi) is 5.42. The zero-order chi connectivity index (χ0) is 22.8. The standard InChI is InChI=1S/C27H42O4/c1-17(2)18-9-15-26(5)21(24(18,3)13-11-22(28)29)8-7-19-20(10-14-25(19,26)4)27(6)16-12-23(30)31-27/h18-21H,1,7-16H2,2-6H3,(H,28,29)/t18-,19-,20+,21-,24+,25-,26-,27+/m1/s1. The number of hydrogen-bond acceptors (Lipinski definition) is 3. The smallest absolute Gasteiger partial charge is 0.306 e. The normalized spacial score (nSPS) is 49.3. The molecule has 4 fully saturated rings. The summed E-state index contributed by atoms with van der Waals surface area (Å²) in [4.78, 5) is 23.5. The van der Waals surface area contributed by atoms with Crippen molar-refractivity contribution in [3.63, 3.8) is 0 Å². The molecule has 3 saturated carbocycles. The lowest BCUT2D eigenvalue weighted by Crippen LogP contribution is -2.60. The molecular formula is C27H42O4. The second-order valence-corrected chi connectivity index (χ2v) is 12.3. The SMILES string of the molecule is C=C(C)[C@H]1CC[C@]2(C)[C@H](CC[C@@H]3[C@@H]([C@]4(C)CCC(=O)O4)CC[C@]32C)[C@@]1(C)CCC(=O)O. The summed E-state index contributed by atoms with van der Waals surface area (Å²) in [5.41, 5.74) is 1.29. The topological polar surface area (TPSA) is 63.6 Å². The number of esters is 1. The van der Waals surface area contributed by atoms with Gasteiger partial charge in [-0.1, -0.05) is 32.9 Å². The minimum absolute atomic E-state index is 0.0208. The van der Waals surface area contributed by atoms with Gasteiger partial charge in [0, 0.05) is 18.8 Å². The Bertz CT molecular complexity index is 788. The summed E-state index contributed by atoms with van der Waals surface area (Å²) in [6, 6.07) is 0. The van der Waals surface area contributed by atoms with E-state index in [1.54, 1.807) is 0 Å². The number of hydrogen-bond donors (Lipinski definition) is 1. The lowest BCUT2D eigenvalue weighted by Gasteiger charge is -2.66. The Balaban J connectivity index is 1.68. The van der Waals surface area contributed by atoms with Crippen LogP contribution in [0.15, 0.2) is 12.2 Å². The summed E-state index contributed by atoms with van der Waals surface area (Å²) in [7, 11) is 0. The third-order valence-electron chi connectivity index (χ3n) is 11.1. The summed E-state index contributed by atoms with van der Waals surface area (Å²) < 4.78 is 5.93. The fourth-order valence-corrected chi connectivity index (χ4v) is 9.35. The summed E-state index contributed by atoms with van der Waals surface area (Å²) in [6.07, 6.45) is 9.34. The molecule has 4 heteroatoms. The Morgan fingerprint density at radius 1 is 1.03 bits per heavy atom. The molecule has 4 aliphatic rings. The van der Waals surface area contributed by atoms with Crippen LogP contribution in [0, 0.1) is 39.9 Å². The summed E-state index contributed by atoms with van der Waals surface area (Å²) in [5.74, 6) is 1.22. The summed E-state index contributed by atoms with van der Waals surface area (Å²) in [6.45, 7) is 16.0. The number of cyclic esters (lactones) is 1. The second kappa shape index (κ2) is 7.35. The molecule has 0 aromatic rings. The molecule has 0 bridgehead atoms. The molecule has 1 N–H and O–H groups in total. The van der Waals surface area contributed by atoms with Gasteiger partial charge < -0.3 is 9.84 Å². The maximum Gasteiger partial charge on any atom is 0.306 e. The highest BCUT2D eigenvalue weighted by molar-refractivity contribution is 5.72. The molecule has 0 radical (unpaired) electrons. The monoisotopic (exact) mass is 430 g/mol. The van der Waals surface area contributed by atoms with E-state index >= 15 is 0 Å². The average Bonchev–Trinajstić information content (AvgIpc) is 3.21. The van der Waals surface area contributed by atoms with Crippen LogP contribution in [0.2, 0.25) is 0 Å². The van der Waals surface area contributed by atoms with Crippen LogP contribution in [0.3, 0.4) is 0 Å². The van der Waals surface area contributed by atoms with Crippen molar-refractivity contribution < 1.29 is 19.4 Å². The van der Waals surface area contributed by atoms with Crippen molar-refractivity contribution in [1.29, 1.82) is 0 Å². The van der Waals surface area contributed by atoms with Crippen LogP contribution < -0.4 is 0 Å². The van der Waals surface area contributed by atoms with Crippen LogP contribution in [0.25, 0.3) is 0 Å². The molecule has 174 valence electrons. The Hall–Kier alpha value is -1.32. The van der Waals surface area contributed by atoms with Gasteiger partial charge in [0.25, 0.3) is 0 Å². The van der Waals surface area contributed by atoms with Gasteiger partial charge in [0.1, 0.15) is 5.60 Å². The van der Waals surface area contributed by atoms with Gasteiger partial charge in [-0.05, 0) is 99.2 Å². The van der Waals surface area contributed by atoms with Gasteiger partial charge >= 0.3 is 11.9 Å². The molecule has 0 aromatic carbocycles. The van der Waals surface area contributed by atoms with E-state index in [1.807, 2.05) is 0 Å². The molecule has 0 amide bonds. The van der Waals surface area contributed by atoms with Gasteiger partial charge in [0.05, 0.1) is 0 Å². The number of carboxylic acid groups (broad SMARTS) is 1. The molecule has 1 aliphatic heterocycles. The third kappa shape index (κ3) is 3.22. The first-order valence-corrected chi connectivity index (χ1v) is 12.5. The van der Waals surface area contributed by atoms with Gasteiger partial charge in [-0.3, -0.25) is 9.59 Å². The molecule has 3 aliphatic carbocycles. The van der Waals surface area contributed by atoms with Crippen molar-refractivity contribution in [1.82, 2.24) is 0 Å². The molecule has 4 nitrogen and oxygen atoms in total. The second-order valence-electron chi connectivity index (χ2n) is 12.3. The predicted molar refractivity (Wildman–Crippen MR) is 121 cm³/mol. The molecule has 0 aromatic heterocycles. The molecular weight excluding hydrogens is 388 g/mol. The number of carbonyl (C=O) groups is 2. The zero-order valence-electron chi connectivity index (χ0n) is 20.3. The quantitative estimate of drug-likeness (QED) is 0.405. The Morgan fingerprint density at radius 2 is 1.71 bits per heavy atom. The van der Waals surface area contributed by atoms with Crippen molar-refractivity contribution in [3.05, 3.63) is 12.2 Å². The largest absolute Gasteiger partial charge is 0.481 e. The molecule has 4 rings (SSSR count). The van der Waals surface area contributed by atoms with Crippen molar-refractivity contribution in [2.45, 2.75) is 104 Å². The number of allylic oxidation sites excluding steroid dienone is 1. The van der Waals surface area contributed by atoms with E-state index in [9.17, 15) is 14.7 Å². The Morgan fingerprint density at radius 3 is 2.29 bits per heavy atom. The first-order valence-electron chi connectivity index (χ1n) is 12.5. The molecule has 1 heterocycles. The van der Waals surface area contributed by atoms with Crippen LogP contribution >= 0.6 is 0 Å². The molecule has 0 unspecified atom stereocenters. The van der Waals surface area contributed by atoms with E-state index in [0.717, 1.165) is 32.1 Å². The summed E-state index contributed by atoms with van der Waals surface area (Å²) in [5, 5.41) is 9.49. The van der Waals surface area contributed by atoms with Crippen molar-refractivity contribution in [2.75, 3.05) is 0 Å². The average molecular weight is 431 g/mol. The third-order valence-corrected chi connectivity index (χ3v) is 11.1. The predicted octanol–water partition coefficient (Wildman–Crippen LogP) is 6.39. The van der Waals surface area contributed by atoms with Gasteiger partial charge in [-0.2, -0.15) is 0 Å². The first kappa shape index (κ1) is 22.9. The van der Waals surface area contributed by atoms with Crippen LogP contribution in [-0.4, -0.2) is 22.6 Å². The minimum atomic E-state index is -0.689. The van der Waals surface area contributed by atoms with Crippen molar-refractivity contribution >= 4 is 11.9 Å². The number of aliphatic carboxylic acids is 1. The number of ether oxygens (including phenoxy) is 1. The van der Waals surface area contributed by atoms with E-state index in [4.69, 9.17) is 4.74 Å². The van der Waals surface area contributed by atoms with Gasteiger partial charge in [0.15, 0.2) is 0 Å². The van der Waals surface area contributed by atoms with Crippen LogP contribution in [0.5, 0.6) is 0 Å². The first-order chi connectivity index (χ1) is 14.4. The molecule has 0 spiro atoms. The minimum Gasteiger partial charge on any atom is -0.481 e. The fraction of sp³-hybridized carbons (Fsp3) is 0.852. The number of carboxylic acids is 1. The van der Waals surface area contributed by atoms with E-state index in [-0.39, 0.29) is 34.2 Å². The maximum absolute atomic E-state index is 12.0. The van der Waals surface area contributed by atoms with Crippen LogP contribution in [0.4, 0.5) is 0 Å². The highest BCUT2D eigenvalue weighted by atomic mass is 16.6. The molecule has 1 saturated heterocycles. The molecule has 31 heavy (non-hydrogen) atoms. The number of rotatable bonds is 5. The zero-order valence-corrected chi connectivity index (χ0v) is 20.3. The van der Waals surface area contributed by atoms with Crippen molar-refractivity contribution in [3.8, 4) is 0 Å². The van der Waals surface area contributed by atoms with E-state index in [2.05, 4.69) is 41.2 Å². The van der Waals surface area contributed by atoms with Gasteiger partial charge in [-0.25, -0.2) is 0 Å². The van der Waals surface area contributed by atoms with E-state index in [0.29, 0.717) is 30.1 Å². The maximum atomic E-state index is 12.0. The van der Waals surface area contributed by atoms with Crippen molar-refractivity contribution in [2.24, 2.45) is 39.9 Å². The molecule has 8 atom stereocenters. The lowest BCUT2D eigenvalue weighted by atomic mass is 9.38.